The molecule has 1 aromatic rings. The van der Waals surface area contributed by atoms with E-state index >= 15 is 0 Å². The number of rotatable bonds is 8. The first kappa shape index (κ1) is 15.7. The first-order chi connectivity index (χ1) is 10.2. The standard InChI is InChI=1S/C17H25NO3/c1-3-4-5-6-9-21-16-10-13(7-8-15(16)20-2)14-11-17(19)18-12-14/h7-8,10,14H,3-6,9,11-12H2,1-2H3,(H,18,19). The molecule has 1 atom stereocenters. The van der Waals surface area contributed by atoms with Crippen molar-refractivity contribution < 1.29 is 14.3 Å². The quantitative estimate of drug-likeness (QED) is 0.748. The maximum absolute atomic E-state index is 11.3. The molecule has 0 bridgehead atoms. The third kappa shape index (κ3) is 4.38. The van der Waals surface area contributed by atoms with Gasteiger partial charge in [-0.25, -0.2) is 0 Å². The summed E-state index contributed by atoms with van der Waals surface area (Å²) in [5.74, 6) is 1.90. The minimum absolute atomic E-state index is 0.123. The van der Waals surface area contributed by atoms with Crippen molar-refractivity contribution in [2.24, 2.45) is 0 Å². The van der Waals surface area contributed by atoms with Crippen LogP contribution in [-0.4, -0.2) is 26.2 Å². The van der Waals surface area contributed by atoms with Gasteiger partial charge in [0.25, 0.3) is 0 Å². The van der Waals surface area contributed by atoms with Crippen molar-refractivity contribution >= 4 is 5.91 Å². The van der Waals surface area contributed by atoms with E-state index in [1.165, 1.54) is 19.3 Å². The largest absolute Gasteiger partial charge is 0.493 e. The van der Waals surface area contributed by atoms with Gasteiger partial charge < -0.3 is 14.8 Å². The fourth-order valence-electron chi connectivity index (χ4n) is 2.61. The molecule has 1 aromatic carbocycles. The molecule has 0 aliphatic carbocycles. The molecule has 1 aliphatic heterocycles. The van der Waals surface area contributed by atoms with Crippen LogP contribution in [0.15, 0.2) is 18.2 Å². The lowest BCUT2D eigenvalue weighted by atomic mass is 9.98. The van der Waals surface area contributed by atoms with E-state index < -0.39 is 0 Å². The van der Waals surface area contributed by atoms with Gasteiger partial charge in [0, 0.05) is 18.9 Å². The monoisotopic (exact) mass is 291 g/mol. The second kappa shape index (κ2) is 7.91. The molecular weight excluding hydrogens is 266 g/mol. The topological polar surface area (TPSA) is 47.6 Å². The Balaban J connectivity index is 1.98. The lowest BCUT2D eigenvalue weighted by Gasteiger charge is -2.14. The molecular formula is C17H25NO3. The molecule has 1 saturated heterocycles. The summed E-state index contributed by atoms with van der Waals surface area (Å²) in [6.07, 6.45) is 5.28. The number of carbonyl (C=O) groups is 1. The highest BCUT2D eigenvalue weighted by atomic mass is 16.5. The van der Waals surface area contributed by atoms with Gasteiger partial charge in [0.1, 0.15) is 0 Å². The van der Waals surface area contributed by atoms with E-state index in [-0.39, 0.29) is 11.8 Å². The number of unbranched alkanes of at least 4 members (excludes halogenated alkanes) is 3. The van der Waals surface area contributed by atoms with E-state index in [0.717, 1.165) is 23.5 Å². The Labute approximate surface area is 126 Å². The predicted octanol–water partition coefficient (Wildman–Crippen LogP) is 3.26. The predicted molar refractivity (Wildman–Crippen MR) is 83.0 cm³/mol. The number of amides is 1. The van der Waals surface area contributed by atoms with Crippen LogP contribution in [-0.2, 0) is 4.79 Å². The Kier molecular flexibility index (Phi) is 5.90. The average Bonchev–Trinajstić information content (AvgIpc) is 2.93. The van der Waals surface area contributed by atoms with Crippen molar-refractivity contribution in [2.75, 3.05) is 20.3 Å². The fourth-order valence-corrected chi connectivity index (χ4v) is 2.61. The van der Waals surface area contributed by atoms with Crippen molar-refractivity contribution in [3.05, 3.63) is 23.8 Å². The van der Waals surface area contributed by atoms with Crippen molar-refractivity contribution in [1.29, 1.82) is 0 Å². The normalized spacial score (nSPS) is 17.6. The number of benzene rings is 1. The maximum atomic E-state index is 11.3. The fraction of sp³-hybridized carbons (Fsp3) is 0.588. The van der Waals surface area contributed by atoms with Crippen LogP contribution in [0.2, 0.25) is 0 Å². The number of methoxy groups -OCH3 is 1. The van der Waals surface area contributed by atoms with Crippen LogP contribution < -0.4 is 14.8 Å². The molecule has 4 nitrogen and oxygen atoms in total. The van der Waals surface area contributed by atoms with E-state index in [2.05, 4.69) is 12.2 Å². The highest BCUT2D eigenvalue weighted by Crippen LogP contribution is 2.33. The van der Waals surface area contributed by atoms with Gasteiger partial charge in [0.15, 0.2) is 11.5 Å². The zero-order valence-corrected chi connectivity index (χ0v) is 13.0. The summed E-state index contributed by atoms with van der Waals surface area (Å²) in [7, 11) is 1.65. The lowest BCUT2D eigenvalue weighted by Crippen LogP contribution is -2.13. The molecule has 116 valence electrons. The summed E-state index contributed by atoms with van der Waals surface area (Å²) < 4.78 is 11.2. The third-order valence-corrected chi connectivity index (χ3v) is 3.89. The van der Waals surface area contributed by atoms with E-state index in [4.69, 9.17) is 9.47 Å². The highest BCUT2D eigenvalue weighted by Gasteiger charge is 2.23. The molecule has 1 fully saturated rings. The number of hydrogen-bond donors (Lipinski definition) is 1. The SMILES string of the molecule is CCCCCCOc1cc(C2CNC(=O)C2)ccc1OC. The Morgan fingerprint density at radius 3 is 2.76 bits per heavy atom. The second-order valence-electron chi connectivity index (χ2n) is 5.52. The number of hydrogen-bond acceptors (Lipinski definition) is 3. The van der Waals surface area contributed by atoms with Gasteiger partial charge in [-0.1, -0.05) is 32.3 Å². The molecule has 4 heteroatoms. The third-order valence-electron chi connectivity index (χ3n) is 3.89. The van der Waals surface area contributed by atoms with Crippen molar-refractivity contribution in [3.63, 3.8) is 0 Å². The van der Waals surface area contributed by atoms with Crippen molar-refractivity contribution in [2.45, 2.75) is 44.9 Å². The molecule has 1 aliphatic rings. The van der Waals surface area contributed by atoms with Crippen molar-refractivity contribution in [1.82, 2.24) is 5.32 Å². The zero-order valence-electron chi connectivity index (χ0n) is 13.0. The molecule has 0 radical (unpaired) electrons. The van der Waals surface area contributed by atoms with Gasteiger partial charge in [-0.05, 0) is 24.1 Å². The Hall–Kier alpha value is -1.71. The summed E-state index contributed by atoms with van der Waals surface area (Å²) in [6.45, 7) is 3.62. The van der Waals surface area contributed by atoms with Crippen LogP contribution in [0.4, 0.5) is 0 Å². The lowest BCUT2D eigenvalue weighted by molar-refractivity contribution is -0.119. The number of carbonyl (C=O) groups excluding carboxylic acids is 1. The molecule has 1 heterocycles. The summed E-state index contributed by atoms with van der Waals surface area (Å²) in [6, 6.07) is 5.97. The van der Waals surface area contributed by atoms with Crippen molar-refractivity contribution in [3.8, 4) is 11.5 Å². The van der Waals surface area contributed by atoms with Crippen LogP contribution in [0, 0.1) is 0 Å². The summed E-state index contributed by atoms with van der Waals surface area (Å²) in [5.41, 5.74) is 1.14. The highest BCUT2D eigenvalue weighted by molar-refractivity contribution is 5.79. The van der Waals surface area contributed by atoms with Gasteiger partial charge in [-0.15, -0.1) is 0 Å². The van der Waals surface area contributed by atoms with Crippen LogP contribution in [0.1, 0.15) is 50.5 Å². The summed E-state index contributed by atoms with van der Waals surface area (Å²) in [4.78, 5) is 11.3. The van der Waals surface area contributed by atoms with Gasteiger partial charge in [0.2, 0.25) is 5.91 Å². The maximum Gasteiger partial charge on any atom is 0.220 e. The van der Waals surface area contributed by atoms with Gasteiger partial charge in [-0.2, -0.15) is 0 Å². The van der Waals surface area contributed by atoms with E-state index in [1.807, 2.05) is 18.2 Å². The summed E-state index contributed by atoms with van der Waals surface area (Å²) in [5, 5.41) is 2.87. The van der Waals surface area contributed by atoms with Gasteiger partial charge in [0.05, 0.1) is 13.7 Å². The number of nitrogens with one attached hydrogen (secondary N) is 1. The molecule has 0 spiro atoms. The van der Waals surface area contributed by atoms with E-state index in [9.17, 15) is 4.79 Å². The molecule has 21 heavy (non-hydrogen) atoms. The first-order valence-corrected chi connectivity index (χ1v) is 7.82. The molecule has 0 saturated carbocycles. The minimum atomic E-state index is 0.123. The van der Waals surface area contributed by atoms with Crippen LogP contribution in [0.5, 0.6) is 11.5 Å². The Morgan fingerprint density at radius 2 is 2.10 bits per heavy atom. The Morgan fingerprint density at radius 1 is 1.24 bits per heavy atom. The molecule has 1 amide bonds. The second-order valence-corrected chi connectivity index (χ2v) is 5.52. The van der Waals surface area contributed by atoms with Crippen LogP contribution in [0.3, 0.4) is 0 Å². The van der Waals surface area contributed by atoms with Gasteiger partial charge >= 0.3 is 0 Å². The first-order valence-electron chi connectivity index (χ1n) is 7.82. The molecule has 2 rings (SSSR count). The zero-order chi connectivity index (χ0) is 15.1. The van der Waals surface area contributed by atoms with Crippen LogP contribution in [0.25, 0.3) is 0 Å². The van der Waals surface area contributed by atoms with E-state index in [0.29, 0.717) is 19.6 Å². The summed E-state index contributed by atoms with van der Waals surface area (Å²) >= 11 is 0. The van der Waals surface area contributed by atoms with Crippen LogP contribution >= 0.6 is 0 Å². The van der Waals surface area contributed by atoms with E-state index in [1.54, 1.807) is 7.11 Å². The Bertz CT molecular complexity index is 473. The number of ether oxygens (including phenoxy) is 2. The molecule has 1 N–H and O–H groups in total. The van der Waals surface area contributed by atoms with Gasteiger partial charge in [-0.3, -0.25) is 4.79 Å². The molecule has 1 unspecified atom stereocenters. The average molecular weight is 291 g/mol. The minimum Gasteiger partial charge on any atom is -0.493 e. The smallest absolute Gasteiger partial charge is 0.220 e. The molecule has 0 aromatic heterocycles.